The fraction of sp³-hybridized carbons (Fsp3) is 0.429. The summed E-state index contributed by atoms with van der Waals surface area (Å²) in [6.07, 6.45) is 8.90. The van der Waals surface area contributed by atoms with Crippen molar-refractivity contribution < 1.29 is 9.59 Å². The maximum Gasteiger partial charge on any atom is 0.260 e. The fourth-order valence-corrected chi connectivity index (χ4v) is 6.82. The Morgan fingerprint density at radius 2 is 1.79 bits per heavy atom. The zero-order valence-corrected chi connectivity index (χ0v) is 20.2. The molecule has 33 heavy (non-hydrogen) atoms. The number of likely N-dealkylation sites (tertiary alicyclic amines) is 1. The molecule has 0 spiro atoms. The van der Waals surface area contributed by atoms with Crippen LogP contribution in [0.15, 0.2) is 53.4 Å². The summed E-state index contributed by atoms with van der Waals surface area (Å²) in [6, 6.07) is 16.6. The Morgan fingerprint density at radius 1 is 1.03 bits per heavy atom. The predicted molar refractivity (Wildman–Crippen MR) is 135 cm³/mol. The van der Waals surface area contributed by atoms with Crippen LogP contribution in [0.25, 0.3) is 6.08 Å². The lowest BCUT2D eigenvalue weighted by Crippen LogP contribution is -2.50. The van der Waals surface area contributed by atoms with Crippen LogP contribution in [-0.4, -0.2) is 46.0 Å². The number of benzene rings is 2. The lowest BCUT2D eigenvalue weighted by Gasteiger charge is -2.44. The number of carbonyl (C=O) groups excluding carboxylic acids is 2. The summed E-state index contributed by atoms with van der Waals surface area (Å²) in [7, 11) is 0. The molecule has 2 aromatic carbocycles. The van der Waals surface area contributed by atoms with Crippen molar-refractivity contribution in [1.82, 2.24) is 9.80 Å². The molecule has 2 amide bonds. The average Bonchev–Trinajstić information content (AvgIpc) is 3.37. The number of fused-ring (bicyclic) bond motifs is 1. The van der Waals surface area contributed by atoms with E-state index in [1.807, 2.05) is 35.2 Å². The Kier molecular flexibility index (Phi) is 6.59. The molecule has 4 nitrogen and oxygen atoms in total. The second kappa shape index (κ2) is 9.76. The Balaban J connectivity index is 1.37. The highest BCUT2D eigenvalue weighted by molar-refractivity contribution is 8.04. The highest BCUT2D eigenvalue weighted by atomic mass is 32.2. The summed E-state index contributed by atoms with van der Waals surface area (Å²) in [6.45, 7) is 4.48. The van der Waals surface area contributed by atoms with Crippen molar-refractivity contribution in [2.45, 2.75) is 63.3 Å². The van der Waals surface area contributed by atoms with Crippen molar-refractivity contribution in [2.24, 2.45) is 0 Å². The number of thioether (sulfide) groups is 1. The van der Waals surface area contributed by atoms with Crippen molar-refractivity contribution in [2.75, 3.05) is 13.1 Å². The minimum Gasteiger partial charge on any atom is -0.339 e. The molecule has 1 saturated carbocycles. The van der Waals surface area contributed by atoms with Gasteiger partial charge in [0.15, 0.2) is 0 Å². The van der Waals surface area contributed by atoms with Crippen molar-refractivity contribution in [1.29, 1.82) is 0 Å². The summed E-state index contributed by atoms with van der Waals surface area (Å²) in [4.78, 5) is 31.1. The number of nitrogens with zero attached hydrogens (tertiary/aromatic N) is 2. The number of hydrogen-bond acceptors (Lipinski definition) is 3. The van der Waals surface area contributed by atoms with E-state index in [9.17, 15) is 9.59 Å². The molecule has 5 rings (SSSR count). The molecule has 2 aliphatic heterocycles. The van der Waals surface area contributed by atoms with Gasteiger partial charge < -0.3 is 9.80 Å². The standard InChI is InChI=1S/C28H32N2O2S/c1-20-7-6-8-22(17-20)19-30-24-9-2-3-10-25(24)33-26(28(30)32)18-21-11-13-23(14-12-21)27(31)29-15-4-5-16-29/h6-8,11-14,17-18,24-25H,2-5,9-10,15-16,19H2,1H3/b26-18+. The molecule has 2 saturated heterocycles. The Morgan fingerprint density at radius 3 is 2.55 bits per heavy atom. The van der Waals surface area contributed by atoms with E-state index >= 15 is 0 Å². The van der Waals surface area contributed by atoms with E-state index < -0.39 is 0 Å². The zero-order valence-electron chi connectivity index (χ0n) is 19.3. The first-order valence-electron chi connectivity index (χ1n) is 12.2. The molecular weight excluding hydrogens is 428 g/mol. The number of carbonyl (C=O) groups is 2. The van der Waals surface area contributed by atoms with Gasteiger partial charge in [0.05, 0.1) is 4.91 Å². The van der Waals surface area contributed by atoms with Crippen molar-refractivity contribution >= 4 is 29.7 Å². The molecule has 0 radical (unpaired) electrons. The van der Waals surface area contributed by atoms with E-state index in [-0.39, 0.29) is 11.8 Å². The van der Waals surface area contributed by atoms with Crippen LogP contribution >= 0.6 is 11.8 Å². The third-order valence-electron chi connectivity index (χ3n) is 7.10. The number of rotatable bonds is 4. The largest absolute Gasteiger partial charge is 0.339 e. The Hall–Kier alpha value is -2.53. The van der Waals surface area contributed by atoms with E-state index in [4.69, 9.17) is 0 Å². The monoisotopic (exact) mass is 460 g/mol. The van der Waals surface area contributed by atoms with Gasteiger partial charge in [-0.25, -0.2) is 0 Å². The van der Waals surface area contributed by atoms with Crippen molar-refractivity contribution in [3.63, 3.8) is 0 Å². The normalized spacial score (nSPS) is 24.3. The van der Waals surface area contributed by atoms with Crippen LogP contribution in [0.2, 0.25) is 0 Å². The molecule has 2 unspecified atom stereocenters. The van der Waals surface area contributed by atoms with Crippen LogP contribution in [0.4, 0.5) is 0 Å². The van der Waals surface area contributed by atoms with Crippen LogP contribution in [0, 0.1) is 6.92 Å². The van der Waals surface area contributed by atoms with Gasteiger partial charge in [-0.15, -0.1) is 11.8 Å². The predicted octanol–water partition coefficient (Wildman–Crippen LogP) is 5.66. The first-order valence-corrected chi connectivity index (χ1v) is 13.1. The van der Waals surface area contributed by atoms with E-state index in [0.29, 0.717) is 17.8 Å². The topological polar surface area (TPSA) is 40.6 Å². The minimum atomic E-state index is 0.115. The van der Waals surface area contributed by atoms with Gasteiger partial charge in [-0.2, -0.15) is 0 Å². The molecule has 5 heteroatoms. The summed E-state index contributed by atoms with van der Waals surface area (Å²) in [5, 5.41) is 0.462. The average molecular weight is 461 g/mol. The highest BCUT2D eigenvalue weighted by Gasteiger charge is 2.40. The summed E-state index contributed by atoms with van der Waals surface area (Å²) in [5.41, 5.74) is 4.14. The summed E-state index contributed by atoms with van der Waals surface area (Å²) in [5.74, 6) is 0.256. The maximum atomic E-state index is 13.6. The molecule has 2 heterocycles. The molecule has 3 aliphatic rings. The molecular formula is C28H32N2O2S. The molecule has 1 aliphatic carbocycles. The molecule has 3 fully saturated rings. The molecule has 0 N–H and O–H groups in total. The molecule has 0 bridgehead atoms. The van der Waals surface area contributed by atoms with Crippen LogP contribution in [0.1, 0.15) is 65.6 Å². The van der Waals surface area contributed by atoms with Gasteiger partial charge in [0.25, 0.3) is 11.8 Å². The van der Waals surface area contributed by atoms with Crippen molar-refractivity contribution in [3.8, 4) is 0 Å². The second-order valence-electron chi connectivity index (χ2n) is 9.56. The highest BCUT2D eigenvalue weighted by Crippen LogP contribution is 2.42. The summed E-state index contributed by atoms with van der Waals surface area (Å²) < 4.78 is 0. The minimum absolute atomic E-state index is 0.115. The van der Waals surface area contributed by atoms with Crippen molar-refractivity contribution in [3.05, 3.63) is 75.7 Å². The number of amides is 2. The van der Waals surface area contributed by atoms with E-state index in [1.54, 1.807) is 11.8 Å². The maximum absolute atomic E-state index is 13.6. The second-order valence-corrected chi connectivity index (χ2v) is 10.8. The third-order valence-corrected chi connectivity index (χ3v) is 8.50. The van der Waals surface area contributed by atoms with Gasteiger partial charge in [0, 0.05) is 36.5 Å². The summed E-state index contributed by atoms with van der Waals surface area (Å²) >= 11 is 1.76. The van der Waals surface area contributed by atoms with E-state index in [0.717, 1.165) is 54.8 Å². The van der Waals surface area contributed by atoms with Gasteiger partial charge in [-0.1, -0.05) is 54.8 Å². The van der Waals surface area contributed by atoms with Gasteiger partial charge in [0.1, 0.15) is 0 Å². The van der Waals surface area contributed by atoms with E-state index in [1.165, 1.54) is 24.0 Å². The van der Waals surface area contributed by atoms with Gasteiger partial charge in [-0.05, 0) is 61.9 Å². The zero-order chi connectivity index (χ0) is 22.8. The van der Waals surface area contributed by atoms with Gasteiger partial charge in [-0.3, -0.25) is 9.59 Å². The number of aryl methyl sites for hydroxylation is 1. The van der Waals surface area contributed by atoms with E-state index in [2.05, 4.69) is 36.1 Å². The first kappa shape index (κ1) is 22.3. The Labute approximate surface area is 201 Å². The third kappa shape index (κ3) is 4.89. The van der Waals surface area contributed by atoms with Gasteiger partial charge in [0.2, 0.25) is 0 Å². The smallest absolute Gasteiger partial charge is 0.260 e. The van der Waals surface area contributed by atoms with Crippen LogP contribution in [-0.2, 0) is 11.3 Å². The molecule has 0 aromatic heterocycles. The molecule has 2 atom stereocenters. The first-order chi connectivity index (χ1) is 16.1. The quantitative estimate of drug-likeness (QED) is 0.553. The molecule has 172 valence electrons. The fourth-order valence-electron chi connectivity index (χ4n) is 5.35. The lowest BCUT2D eigenvalue weighted by molar-refractivity contribution is -0.130. The lowest BCUT2D eigenvalue weighted by atomic mass is 9.92. The van der Waals surface area contributed by atoms with Crippen LogP contribution < -0.4 is 0 Å². The SMILES string of the molecule is Cc1cccc(CN2C(=O)/C(=C\c3ccc(C(=O)N4CCCC4)cc3)SC3CCCCC32)c1. The number of hydrogen-bond donors (Lipinski definition) is 0. The van der Waals surface area contributed by atoms with Crippen LogP contribution in [0.5, 0.6) is 0 Å². The Bertz CT molecular complexity index is 1060. The van der Waals surface area contributed by atoms with Gasteiger partial charge >= 0.3 is 0 Å². The molecule has 2 aromatic rings. The van der Waals surface area contributed by atoms with Crippen LogP contribution in [0.3, 0.4) is 0 Å².